The average Bonchev–Trinajstić information content (AvgIpc) is 2.24. The Labute approximate surface area is 105 Å². The SMILES string of the molecule is CC(Sc1c([N+](=O)[O-])ccc(F)c1Cl)C(=O)O. The fourth-order valence-corrected chi connectivity index (χ4v) is 2.22. The lowest BCUT2D eigenvalue weighted by atomic mass is 10.3. The van der Waals surface area contributed by atoms with Gasteiger partial charge in [0.05, 0.1) is 9.95 Å². The second-order valence-corrected chi connectivity index (χ2v) is 4.79. The van der Waals surface area contributed by atoms with E-state index in [-0.39, 0.29) is 4.90 Å². The van der Waals surface area contributed by atoms with Crippen LogP contribution >= 0.6 is 23.4 Å². The summed E-state index contributed by atoms with van der Waals surface area (Å²) in [5.41, 5.74) is -0.408. The van der Waals surface area contributed by atoms with E-state index in [0.29, 0.717) is 11.8 Å². The zero-order valence-electron chi connectivity index (χ0n) is 8.52. The Hall–Kier alpha value is -1.34. The van der Waals surface area contributed by atoms with Crippen molar-refractivity contribution in [2.24, 2.45) is 0 Å². The lowest BCUT2D eigenvalue weighted by molar-refractivity contribution is -0.387. The van der Waals surface area contributed by atoms with Crippen LogP contribution in [0.5, 0.6) is 0 Å². The molecule has 0 fully saturated rings. The highest BCUT2D eigenvalue weighted by Gasteiger charge is 2.24. The van der Waals surface area contributed by atoms with E-state index in [0.717, 1.165) is 12.1 Å². The van der Waals surface area contributed by atoms with Crippen molar-refractivity contribution in [1.29, 1.82) is 0 Å². The first-order chi connectivity index (χ1) is 7.84. The van der Waals surface area contributed by atoms with Crippen molar-refractivity contribution in [2.75, 3.05) is 0 Å². The molecule has 0 aliphatic carbocycles. The Morgan fingerprint density at radius 1 is 1.65 bits per heavy atom. The normalized spacial score (nSPS) is 12.2. The van der Waals surface area contributed by atoms with Gasteiger partial charge in [-0.25, -0.2) is 4.39 Å². The zero-order valence-corrected chi connectivity index (χ0v) is 10.1. The molecule has 1 atom stereocenters. The molecule has 5 nitrogen and oxygen atoms in total. The molecule has 0 spiro atoms. The Morgan fingerprint density at radius 2 is 2.24 bits per heavy atom. The first-order valence-corrected chi connectivity index (χ1v) is 5.62. The number of hydrogen-bond acceptors (Lipinski definition) is 4. The Morgan fingerprint density at radius 3 is 2.71 bits per heavy atom. The molecule has 0 amide bonds. The van der Waals surface area contributed by atoms with E-state index in [9.17, 15) is 19.3 Å². The molecule has 0 aliphatic rings. The number of nitrogens with zero attached hydrogens (tertiary/aromatic N) is 1. The number of carbonyl (C=O) groups is 1. The molecule has 1 rings (SSSR count). The second-order valence-electron chi connectivity index (χ2n) is 3.07. The maximum absolute atomic E-state index is 13.2. The van der Waals surface area contributed by atoms with Gasteiger partial charge < -0.3 is 5.11 Å². The molecule has 0 radical (unpaired) electrons. The van der Waals surface area contributed by atoms with Gasteiger partial charge >= 0.3 is 5.97 Å². The molecule has 92 valence electrons. The number of carboxylic acid groups (broad SMARTS) is 1. The molecule has 1 N–H and O–H groups in total. The number of nitro benzene ring substituents is 1. The fraction of sp³-hybridized carbons (Fsp3) is 0.222. The fourth-order valence-electron chi connectivity index (χ4n) is 1.00. The van der Waals surface area contributed by atoms with E-state index >= 15 is 0 Å². The quantitative estimate of drug-likeness (QED) is 0.521. The number of aliphatic carboxylic acids is 1. The molecular formula is C9H7ClFNO4S. The number of rotatable bonds is 4. The number of nitro groups is 1. The highest BCUT2D eigenvalue weighted by Crippen LogP contribution is 2.39. The Bertz CT molecular complexity index is 482. The van der Waals surface area contributed by atoms with Crippen LogP contribution in [0.3, 0.4) is 0 Å². The highest BCUT2D eigenvalue weighted by molar-refractivity contribution is 8.00. The summed E-state index contributed by atoms with van der Waals surface area (Å²) in [6.07, 6.45) is 0. The van der Waals surface area contributed by atoms with Crippen LogP contribution in [0, 0.1) is 15.9 Å². The van der Waals surface area contributed by atoms with Crippen LogP contribution in [0.25, 0.3) is 0 Å². The summed E-state index contributed by atoms with van der Waals surface area (Å²) in [6, 6.07) is 1.83. The minimum atomic E-state index is -1.16. The van der Waals surface area contributed by atoms with Crippen molar-refractivity contribution < 1.29 is 19.2 Å². The summed E-state index contributed by atoms with van der Waals surface area (Å²) in [7, 11) is 0. The van der Waals surface area contributed by atoms with Gasteiger partial charge in [-0.1, -0.05) is 11.6 Å². The van der Waals surface area contributed by atoms with Crippen LogP contribution in [0.1, 0.15) is 6.92 Å². The van der Waals surface area contributed by atoms with Crippen LogP contribution in [0.4, 0.5) is 10.1 Å². The third kappa shape index (κ3) is 3.07. The van der Waals surface area contributed by atoms with E-state index < -0.39 is 32.7 Å². The van der Waals surface area contributed by atoms with Gasteiger partial charge in [-0.15, -0.1) is 11.8 Å². The van der Waals surface area contributed by atoms with Gasteiger partial charge in [-0.2, -0.15) is 0 Å². The van der Waals surface area contributed by atoms with Crippen molar-refractivity contribution in [2.45, 2.75) is 17.1 Å². The van der Waals surface area contributed by atoms with Gasteiger partial charge in [0.2, 0.25) is 0 Å². The molecule has 0 aliphatic heterocycles. The van der Waals surface area contributed by atoms with Crippen LogP contribution in [0.15, 0.2) is 17.0 Å². The van der Waals surface area contributed by atoms with Crippen molar-refractivity contribution in [1.82, 2.24) is 0 Å². The second kappa shape index (κ2) is 5.33. The number of halogens is 2. The largest absolute Gasteiger partial charge is 0.480 e. The third-order valence-corrected chi connectivity index (χ3v) is 3.55. The number of benzene rings is 1. The first-order valence-electron chi connectivity index (χ1n) is 4.36. The van der Waals surface area contributed by atoms with Crippen molar-refractivity contribution >= 4 is 35.0 Å². The van der Waals surface area contributed by atoms with Gasteiger partial charge in [0, 0.05) is 6.07 Å². The van der Waals surface area contributed by atoms with E-state index in [1.165, 1.54) is 6.92 Å². The molecule has 1 aromatic rings. The highest BCUT2D eigenvalue weighted by atomic mass is 35.5. The zero-order chi connectivity index (χ0) is 13.2. The maximum Gasteiger partial charge on any atom is 0.316 e. The molecule has 1 unspecified atom stereocenters. The summed E-state index contributed by atoms with van der Waals surface area (Å²) in [5.74, 6) is -1.98. The molecule has 0 aromatic heterocycles. The smallest absolute Gasteiger partial charge is 0.316 e. The van der Waals surface area contributed by atoms with E-state index in [1.807, 2.05) is 0 Å². The Kier molecular flexibility index (Phi) is 4.30. The summed E-state index contributed by atoms with van der Waals surface area (Å²) < 4.78 is 13.2. The molecule has 17 heavy (non-hydrogen) atoms. The molecule has 1 aromatic carbocycles. The number of hydrogen-bond donors (Lipinski definition) is 1. The maximum atomic E-state index is 13.2. The number of carboxylic acids is 1. The topological polar surface area (TPSA) is 80.4 Å². The summed E-state index contributed by atoms with van der Waals surface area (Å²) in [6.45, 7) is 1.33. The summed E-state index contributed by atoms with van der Waals surface area (Å²) in [5, 5.41) is 18.0. The van der Waals surface area contributed by atoms with E-state index in [2.05, 4.69) is 0 Å². The third-order valence-electron chi connectivity index (χ3n) is 1.87. The van der Waals surface area contributed by atoms with E-state index in [4.69, 9.17) is 16.7 Å². The van der Waals surface area contributed by atoms with Gasteiger partial charge in [0.25, 0.3) is 5.69 Å². The monoisotopic (exact) mass is 279 g/mol. The lowest BCUT2D eigenvalue weighted by Gasteiger charge is -2.08. The van der Waals surface area contributed by atoms with Crippen LogP contribution < -0.4 is 0 Å². The molecule has 0 bridgehead atoms. The minimum Gasteiger partial charge on any atom is -0.480 e. The van der Waals surface area contributed by atoms with Crippen molar-refractivity contribution in [3.05, 3.63) is 33.1 Å². The number of thioether (sulfide) groups is 1. The molecule has 0 saturated heterocycles. The van der Waals surface area contributed by atoms with E-state index in [1.54, 1.807) is 0 Å². The average molecular weight is 280 g/mol. The van der Waals surface area contributed by atoms with Gasteiger partial charge in [0.1, 0.15) is 16.0 Å². The van der Waals surface area contributed by atoms with Gasteiger partial charge in [-0.3, -0.25) is 14.9 Å². The van der Waals surface area contributed by atoms with Gasteiger partial charge in [-0.05, 0) is 13.0 Å². The van der Waals surface area contributed by atoms with Crippen molar-refractivity contribution in [3.8, 4) is 0 Å². The van der Waals surface area contributed by atoms with Crippen molar-refractivity contribution in [3.63, 3.8) is 0 Å². The summed E-state index contributed by atoms with van der Waals surface area (Å²) >= 11 is 6.23. The minimum absolute atomic E-state index is 0.174. The standard InChI is InChI=1S/C9H7ClFNO4S/c1-4(9(13)14)17-8-6(12(15)16)3-2-5(11)7(8)10/h2-4H,1H3,(H,13,14). The van der Waals surface area contributed by atoms with Gasteiger partial charge in [0.15, 0.2) is 0 Å². The molecule has 0 saturated carbocycles. The molecule has 8 heteroatoms. The summed E-state index contributed by atoms with van der Waals surface area (Å²) in [4.78, 5) is 20.4. The first kappa shape index (κ1) is 13.7. The van der Waals surface area contributed by atoms with Crippen LogP contribution in [0.2, 0.25) is 5.02 Å². The predicted octanol–water partition coefficient (Wildman–Crippen LogP) is 2.95. The Balaban J connectivity index is 3.23. The predicted molar refractivity (Wildman–Crippen MR) is 61.0 cm³/mol. The van der Waals surface area contributed by atoms with Crippen LogP contribution in [-0.4, -0.2) is 21.2 Å². The van der Waals surface area contributed by atoms with Crippen LogP contribution in [-0.2, 0) is 4.79 Å². The molecule has 0 heterocycles. The lowest BCUT2D eigenvalue weighted by Crippen LogP contribution is -2.11. The molecular weight excluding hydrogens is 273 g/mol.